The topological polar surface area (TPSA) is 46.2 Å². The molecule has 102 valence electrons. The highest BCUT2D eigenvalue weighted by Crippen LogP contribution is 2.30. The first-order valence-electron chi connectivity index (χ1n) is 5.89. The van der Waals surface area contributed by atoms with Gasteiger partial charge in [-0.1, -0.05) is 25.4 Å². The normalized spacial score (nSPS) is 14.9. The maximum Gasteiger partial charge on any atom is 0.142 e. The SMILES string of the molecule is CC(C)CC(CN)C(O)c1cc(F)c(Cl)cc1F. The fourth-order valence-electron chi connectivity index (χ4n) is 1.98. The van der Waals surface area contributed by atoms with Crippen molar-refractivity contribution in [2.24, 2.45) is 17.6 Å². The Hall–Kier alpha value is -0.710. The van der Waals surface area contributed by atoms with Crippen molar-refractivity contribution in [3.8, 4) is 0 Å². The van der Waals surface area contributed by atoms with Gasteiger partial charge in [0, 0.05) is 11.5 Å². The van der Waals surface area contributed by atoms with Crippen molar-refractivity contribution in [1.29, 1.82) is 0 Å². The van der Waals surface area contributed by atoms with E-state index in [4.69, 9.17) is 17.3 Å². The maximum atomic E-state index is 13.7. The zero-order valence-corrected chi connectivity index (χ0v) is 11.2. The van der Waals surface area contributed by atoms with Crippen LogP contribution < -0.4 is 5.73 Å². The number of aliphatic hydroxyl groups excluding tert-OH is 1. The first kappa shape index (κ1) is 15.3. The molecule has 2 unspecified atom stereocenters. The van der Waals surface area contributed by atoms with E-state index in [-0.39, 0.29) is 23.0 Å². The molecule has 5 heteroatoms. The van der Waals surface area contributed by atoms with E-state index in [2.05, 4.69) is 0 Å². The molecule has 0 amide bonds. The quantitative estimate of drug-likeness (QED) is 0.812. The van der Waals surface area contributed by atoms with Crippen molar-refractivity contribution >= 4 is 11.6 Å². The van der Waals surface area contributed by atoms with Gasteiger partial charge >= 0.3 is 0 Å². The smallest absolute Gasteiger partial charge is 0.142 e. The molecule has 1 aromatic carbocycles. The van der Waals surface area contributed by atoms with Gasteiger partial charge in [0.2, 0.25) is 0 Å². The average Bonchev–Trinajstić information content (AvgIpc) is 2.29. The molecule has 1 rings (SSSR count). The minimum Gasteiger partial charge on any atom is -0.388 e. The summed E-state index contributed by atoms with van der Waals surface area (Å²) in [6, 6.07) is 1.81. The molecule has 0 aliphatic carbocycles. The Bertz CT molecular complexity index is 412. The van der Waals surface area contributed by atoms with Crippen LogP contribution in [0.1, 0.15) is 31.9 Å². The number of benzene rings is 1. The summed E-state index contributed by atoms with van der Waals surface area (Å²) in [5.74, 6) is -1.45. The zero-order valence-electron chi connectivity index (χ0n) is 10.5. The van der Waals surface area contributed by atoms with Gasteiger partial charge < -0.3 is 10.8 Å². The summed E-state index contributed by atoms with van der Waals surface area (Å²) in [6.07, 6.45) is -0.481. The van der Waals surface area contributed by atoms with Gasteiger partial charge in [0.05, 0.1) is 11.1 Å². The summed E-state index contributed by atoms with van der Waals surface area (Å²) < 4.78 is 27.0. The third kappa shape index (κ3) is 3.64. The van der Waals surface area contributed by atoms with Crippen LogP contribution >= 0.6 is 11.6 Å². The maximum absolute atomic E-state index is 13.7. The van der Waals surface area contributed by atoms with Crippen molar-refractivity contribution in [1.82, 2.24) is 0 Å². The number of aliphatic hydroxyl groups is 1. The molecule has 0 heterocycles. The summed E-state index contributed by atoms with van der Waals surface area (Å²) >= 11 is 5.47. The molecule has 1 aromatic rings. The molecule has 0 saturated carbocycles. The number of nitrogens with two attached hydrogens (primary N) is 1. The Morgan fingerprint density at radius 2 is 1.89 bits per heavy atom. The fourth-order valence-corrected chi connectivity index (χ4v) is 2.13. The second-order valence-electron chi connectivity index (χ2n) is 4.86. The first-order valence-corrected chi connectivity index (χ1v) is 6.27. The van der Waals surface area contributed by atoms with Crippen molar-refractivity contribution in [3.63, 3.8) is 0 Å². The van der Waals surface area contributed by atoms with Crippen LogP contribution in [0.15, 0.2) is 12.1 Å². The lowest BCUT2D eigenvalue weighted by Gasteiger charge is -2.24. The molecule has 0 aliphatic heterocycles. The van der Waals surface area contributed by atoms with Crippen LogP contribution in [0, 0.1) is 23.5 Å². The number of hydrogen-bond acceptors (Lipinski definition) is 2. The average molecular weight is 278 g/mol. The van der Waals surface area contributed by atoms with Gasteiger partial charge in [-0.05, 0) is 31.0 Å². The highest BCUT2D eigenvalue weighted by molar-refractivity contribution is 6.30. The van der Waals surface area contributed by atoms with E-state index < -0.39 is 17.7 Å². The fraction of sp³-hybridized carbons (Fsp3) is 0.538. The molecule has 0 fully saturated rings. The Labute approximate surface area is 111 Å². The van der Waals surface area contributed by atoms with Crippen molar-refractivity contribution < 1.29 is 13.9 Å². The minimum atomic E-state index is -1.12. The van der Waals surface area contributed by atoms with Crippen molar-refractivity contribution in [2.75, 3.05) is 6.54 Å². The Kier molecular flexibility index (Phi) is 5.50. The molecule has 0 aromatic heterocycles. The van der Waals surface area contributed by atoms with Gasteiger partial charge in [0.25, 0.3) is 0 Å². The molecular weight excluding hydrogens is 260 g/mol. The summed E-state index contributed by atoms with van der Waals surface area (Å²) in [7, 11) is 0. The highest BCUT2D eigenvalue weighted by Gasteiger charge is 2.24. The van der Waals surface area contributed by atoms with E-state index in [9.17, 15) is 13.9 Å². The molecular formula is C13H18ClF2NO. The van der Waals surface area contributed by atoms with Crippen LogP contribution in [0.3, 0.4) is 0 Å². The zero-order chi connectivity index (χ0) is 13.9. The molecule has 2 atom stereocenters. The van der Waals surface area contributed by atoms with E-state index in [1.165, 1.54) is 0 Å². The van der Waals surface area contributed by atoms with Gasteiger partial charge in [-0.25, -0.2) is 8.78 Å². The Morgan fingerprint density at radius 1 is 1.28 bits per heavy atom. The summed E-state index contributed by atoms with van der Waals surface area (Å²) in [5.41, 5.74) is 5.49. The molecule has 0 radical (unpaired) electrons. The second-order valence-corrected chi connectivity index (χ2v) is 5.27. The lowest BCUT2D eigenvalue weighted by atomic mass is 9.88. The summed E-state index contributed by atoms with van der Waals surface area (Å²) in [4.78, 5) is 0. The van der Waals surface area contributed by atoms with E-state index >= 15 is 0 Å². The molecule has 0 saturated heterocycles. The molecule has 0 spiro atoms. The van der Waals surface area contributed by atoms with Gasteiger partial charge in [-0.15, -0.1) is 0 Å². The number of rotatable bonds is 5. The minimum absolute atomic E-state index is 0.0898. The van der Waals surface area contributed by atoms with Gasteiger partial charge in [-0.3, -0.25) is 0 Å². The lowest BCUT2D eigenvalue weighted by molar-refractivity contribution is 0.0956. The van der Waals surface area contributed by atoms with Crippen LogP contribution in [0.2, 0.25) is 5.02 Å². The van der Waals surface area contributed by atoms with E-state index in [1.54, 1.807) is 0 Å². The molecule has 3 N–H and O–H groups in total. The third-order valence-corrected chi connectivity index (χ3v) is 3.17. The molecule has 18 heavy (non-hydrogen) atoms. The Morgan fingerprint density at radius 3 is 2.39 bits per heavy atom. The van der Waals surface area contributed by atoms with E-state index in [1.807, 2.05) is 13.8 Å². The highest BCUT2D eigenvalue weighted by atomic mass is 35.5. The molecule has 2 nitrogen and oxygen atoms in total. The third-order valence-electron chi connectivity index (χ3n) is 2.88. The lowest BCUT2D eigenvalue weighted by Crippen LogP contribution is -2.24. The molecule has 0 bridgehead atoms. The van der Waals surface area contributed by atoms with Crippen LogP contribution in [0.25, 0.3) is 0 Å². The monoisotopic (exact) mass is 277 g/mol. The summed E-state index contributed by atoms with van der Waals surface area (Å²) in [5, 5.41) is 9.80. The largest absolute Gasteiger partial charge is 0.388 e. The second kappa shape index (κ2) is 6.45. The molecule has 0 aliphatic rings. The summed E-state index contributed by atoms with van der Waals surface area (Å²) in [6.45, 7) is 4.17. The van der Waals surface area contributed by atoms with Gasteiger partial charge in [-0.2, -0.15) is 0 Å². The predicted octanol–water partition coefficient (Wildman–Crippen LogP) is 3.27. The van der Waals surface area contributed by atoms with Crippen molar-refractivity contribution in [2.45, 2.75) is 26.4 Å². The van der Waals surface area contributed by atoms with Crippen LogP contribution in [0.5, 0.6) is 0 Å². The van der Waals surface area contributed by atoms with Crippen molar-refractivity contribution in [3.05, 3.63) is 34.4 Å². The van der Waals surface area contributed by atoms with E-state index in [0.29, 0.717) is 12.3 Å². The Balaban J connectivity index is 3.01. The first-order chi connectivity index (χ1) is 8.36. The predicted molar refractivity (Wildman–Crippen MR) is 68.3 cm³/mol. The number of hydrogen-bond donors (Lipinski definition) is 2. The van der Waals surface area contributed by atoms with Gasteiger partial charge in [0.15, 0.2) is 0 Å². The van der Waals surface area contributed by atoms with Crippen LogP contribution in [-0.4, -0.2) is 11.7 Å². The standard InChI is InChI=1S/C13H18ClF2NO/c1-7(2)3-8(6-17)13(18)9-4-12(16)10(14)5-11(9)15/h4-5,7-8,13,18H,3,6,17H2,1-2H3. The van der Waals surface area contributed by atoms with Crippen LogP contribution in [0.4, 0.5) is 8.78 Å². The number of halogens is 3. The van der Waals surface area contributed by atoms with E-state index in [0.717, 1.165) is 12.1 Å². The van der Waals surface area contributed by atoms with Crippen LogP contribution in [-0.2, 0) is 0 Å². The van der Waals surface area contributed by atoms with Gasteiger partial charge in [0.1, 0.15) is 11.6 Å².